The minimum Gasteiger partial charge on any atom is -0.497 e. The number of methoxy groups -OCH3 is 1. The lowest BCUT2D eigenvalue weighted by Gasteiger charge is -2.42. The van der Waals surface area contributed by atoms with Crippen molar-refractivity contribution >= 4 is 12.4 Å². The number of nitrogens with zero attached hydrogens (tertiary/aromatic N) is 4. The van der Waals surface area contributed by atoms with Gasteiger partial charge in [-0.3, -0.25) is 0 Å². The molecule has 1 aromatic rings. The smallest absolute Gasteiger partial charge is 0.119 e. The van der Waals surface area contributed by atoms with Crippen LogP contribution in [-0.4, -0.2) is 32.6 Å². The van der Waals surface area contributed by atoms with E-state index in [0.29, 0.717) is 5.92 Å². The summed E-state index contributed by atoms with van der Waals surface area (Å²) in [4.78, 5) is 5.36. The second kappa shape index (κ2) is 8.28. The number of benzene rings is 1. The molecular formula is C16H25ClN4O. The predicted octanol–water partition coefficient (Wildman–Crippen LogP) is 4.37. The van der Waals surface area contributed by atoms with Gasteiger partial charge in [-0.15, -0.1) is 12.4 Å². The van der Waals surface area contributed by atoms with Crippen LogP contribution in [0, 0.1) is 5.92 Å². The van der Waals surface area contributed by atoms with E-state index in [2.05, 4.69) is 35.1 Å². The number of halogens is 1. The molecule has 1 aliphatic carbocycles. The zero-order chi connectivity index (χ0) is 15.3. The van der Waals surface area contributed by atoms with Crippen LogP contribution in [0.2, 0.25) is 0 Å². The van der Waals surface area contributed by atoms with Crippen molar-refractivity contribution in [2.24, 2.45) is 11.0 Å². The summed E-state index contributed by atoms with van der Waals surface area (Å²) in [5, 5.41) is 4.29. The van der Waals surface area contributed by atoms with E-state index in [9.17, 15) is 0 Å². The van der Waals surface area contributed by atoms with Crippen molar-refractivity contribution < 1.29 is 4.74 Å². The van der Waals surface area contributed by atoms with Gasteiger partial charge in [0.05, 0.1) is 12.6 Å². The Labute approximate surface area is 138 Å². The molecule has 0 N–H and O–H groups in total. The molecular weight excluding hydrogens is 300 g/mol. The lowest BCUT2D eigenvalue weighted by molar-refractivity contribution is 0.150. The quantitative estimate of drug-likeness (QED) is 0.458. The third kappa shape index (κ3) is 3.86. The largest absolute Gasteiger partial charge is 0.497 e. The summed E-state index contributed by atoms with van der Waals surface area (Å²) in [6, 6.07) is 7.98. The average molecular weight is 325 g/mol. The van der Waals surface area contributed by atoms with Crippen LogP contribution in [0.1, 0.15) is 31.2 Å². The molecule has 0 aromatic heterocycles. The highest BCUT2D eigenvalue weighted by Crippen LogP contribution is 2.46. The van der Waals surface area contributed by atoms with Crippen molar-refractivity contribution in [3.8, 4) is 5.75 Å². The van der Waals surface area contributed by atoms with Gasteiger partial charge in [0.25, 0.3) is 0 Å². The molecule has 1 aromatic carbocycles. The molecule has 5 nitrogen and oxygen atoms in total. The van der Waals surface area contributed by atoms with E-state index in [0.717, 1.165) is 37.1 Å². The van der Waals surface area contributed by atoms with Crippen LogP contribution in [0.3, 0.4) is 0 Å². The highest BCUT2D eigenvalue weighted by atomic mass is 35.5. The summed E-state index contributed by atoms with van der Waals surface area (Å²) in [6.07, 6.45) is 4.29. The SMILES string of the molecule is COc1cccc(C2(N=[N+]=[N-])CCCCC2CN(C)C)c1.Cl. The molecule has 1 fully saturated rings. The Balaban J connectivity index is 0.00000242. The molecule has 2 unspecified atom stereocenters. The molecule has 0 amide bonds. The van der Waals surface area contributed by atoms with Crippen LogP contribution in [0.5, 0.6) is 5.75 Å². The van der Waals surface area contributed by atoms with Gasteiger partial charge in [0, 0.05) is 11.5 Å². The summed E-state index contributed by atoms with van der Waals surface area (Å²) in [7, 11) is 5.81. The van der Waals surface area contributed by atoms with Gasteiger partial charge in [0.1, 0.15) is 5.75 Å². The first-order valence-electron chi connectivity index (χ1n) is 7.48. The van der Waals surface area contributed by atoms with E-state index in [1.807, 2.05) is 18.2 Å². The summed E-state index contributed by atoms with van der Waals surface area (Å²) in [5.74, 6) is 1.15. The molecule has 0 heterocycles. The van der Waals surface area contributed by atoms with Crippen LogP contribution in [0.4, 0.5) is 0 Å². The fourth-order valence-electron chi connectivity index (χ4n) is 3.45. The van der Waals surface area contributed by atoms with E-state index < -0.39 is 5.54 Å². The maximum Gasteiger partial charge on any atom is 0.119 e. The molecule has 0 aliphatic heterocycles. The standard InChI is InChI=1S/C16H24N4O.ClH/c1-20(2)12-14-7-4-5-10-16(14,18-19-17)13-8-6-9-15(11-13)21-3;/h6,8-9,11,14H,4-5,7,10,12H2,1-3H3;1H. The fraction of sp³-hybridized carbons (Fsp3) is 0.625. The third-order valence-electron chi connectivity index (χ3n) is 4.41. The highest BCUT2D eigenvalue weighted by Gasteiger charge is 2.41. The Bertz CT molecular complexity index is 531. The molecule has 6 heteroatoms. The topological polar surface area (TPSA) is 61.2 Å². The maximum absolute atomic E-state index is 9.14. The lowest BCUT2D eigenvalue weighted by atomic mass is 9.69. The Kier molecular flexibility index (Phi) is 7.01. The van der Waals surface area contributed by atoms with Gasteiger partial charge in [0.15, 0.2) is 0 Å². The second-order valence-electron chi connectivity index (χ2n) is 6.05. The summed E-state index contributed by atoms with van der Waals surface area (Å²) in [5.41, 5.74) is 9.76. The molecule has 0 bridgehead atoms. The van der Waals surface area contributed by atoms with Crippen LogP contribution in [0.25, 0.3) is 10.4 Å². The zero-order valence-electron chi connectivity index (χ0n) is 13.5. The van der Waals surface area contributed by atoms with Crippen molar-refractivity contribution in [2.75, 3.05) is 27.7 Å². The molecule has 22 heavy (non-hydrogen) atoms. The van der Waals surface area contributed by atoms with Crippen molar-refractivity contribution in [3.63, 3.8) is 0 Å². The third-order valence-corrected chi connectivity index (χ3v) is 4.41. The summed E-state index contributed by atoms with van der Waals surface area (Å²) >= 11 is 0. The zero-order valence-corrected chi connectivity index (χ0v) is 14.3. The number of azide groups is 1. The van der Waals surface area contributed by atoms with Crippen molar-refractivity contribution in [1.82, 2.24) is 4.90 Å². The van der Waals surface area contributed by atoms with E-state index >= 15 is 0 Å². The Hall–Kier alpha value is -1.42. The average Bonchev–Trinajstić information content (AvgIpc) is 2.49. The maximum atomic E-state index is 9.14. The number of hydrogen-bond donors (Lipinski definition) is 0. The molecule has 1 saturated carbocycles. The lowest BCUT2D eigenvalue weighted by Crippen LogP contribution is -2.41. The monoisotopic (exact) mass is 324 g/mol. The number of rotatable bonds is 5. The van der Waals surface area contributed by atoms with Gasteiger partial charge in [-0.2, -0.15) is 0 Å². The first-order valence-corrected chi connectivity index (χ1v) is 7.48. The van der Waals surface area contributed by atoms with Crippen LogP contribution >= 0.6 is 12.4 Å². The fourth-order valence-corrected chi connectivity index (χ4v) is 3.45. The second-order valence-corrected chi connectivity index (χ2v) is 6.05. The van der Waals surface area contributed by atoms with Gasteiger partial charge < -0.3 is 9.64 Å². The Morgan fingerprint density at radius 2 is 2.18 bits per heavy atom. The molecule has 2 rings (SSSR count). The molecule has 2 atom stereocenters. The predicted molar refractivity (Wildman–Crippen MR) is 91.6 cm³/mol. The van der Waals surface area contributed by atoms with Crippen molar-refractivity contribution in [2.45, 2.75) is 31.2 Å². The van der Waals surface area contributed by atoms with Gasteiger partial charge in [-0.05, 0) is 56.1 Å². The van der Waals surface area contributed by atoms with Gasteiger partial charge in [-0.25, -0.2) is 0 Å². The normalized spacial score (nSPS) is 24.3. The highest BCUT2D eigenvalue weighted by molar-refractivity contribution is 5.85. The van der Waals surface area contributed by atoms with Crippen molar-refractivity contribution in [3.05, 3.63) is 40.3 Å². The Morgan fingerprint density at radius 3 is 2.82 bits per heavy atom. The first-order chi connectivity index (χ1) is 10.1. The molecule has 0 radical (unpaired) electrons. The molecule has 0 saturated heterocycles. The number of hydrogen-bond acceptors (Lipinski definition) is 3. The van der Waals surface area contributed by atoms with E-state index in [4.69, 9.17) is 10.3 Å². The van der Waals surface area contributed by atoms with Crippen LogP contribution < -0.4 is 4.74 Å². The van der Waals surface area contributed by atoms with Crippen LogP contribution in [0.15, 0.2) is 29.4 Å². The Morgan fingerprint density at radius 1 is 1.41 bits per heavy atom. The molecule has 122 valence electrons. The van der Waals surface area contributed by atoms with E-state index in [-0.39, 0.29) is 12.4 Å². The first kappa shape index (κ1) is 18.6. The van der Waals surface area contributed by atoms with Crippen molar-refractivity contribution in [1.29, 1.82) is 0 Å². The van der Waals surface area contributed by atoms with Crippen LogP contribution in [-0.2, 0) is 5.54 Å². The van der Waals surface area contributed by atoms with E-state index in [1.165, 1.54) is 6.42 Å². The minimum absolute atomic E-state index is 0. The molecule has 0 spiro atoms. The van der Waals surface area contributed by atoms with E-state index in [1.54, 1.807) is 7.11 Å². The summed E-state index contributed by atoms with van der Waals surface area (Å²) in [6.45, 7) is 0.927. The van der Waals surface area contributed by atoms with Gasteiger partial charge in [0.2, 0.25) is 0 Å². The molecule has 1 aliphatic rings. The summed E-state index contributed by atoms with van der Waals surface area (Å²) < 4.78 is 5.34. The van der Waals surface area contributed by atoms with Gasteiger partial charge >= 0.3 is 0 Å². The minimum atomic E-state index is -0.453. The van der Waals surface area contributed by atoms with Gasteiger partial charge in [-0.1, -0.05) is 30.1 Å². The number of ether oxygens (including phenoxy) is 1.